The van der Waals surface area contributed by atoms with Crippen LogP contribution in [0.5, 0.6) is 0 Å². The molecule has 0 fully saturated rings. The third-order valence-corrected chi connectivity index (χ3v) is 5.73. The molecule has 0 atom stereocenters. The molecule has 0 aromatic carbocycles. The van der Waals surface area contributed by atoms with Gasteiger partial charge in [-0.25, -0.2) is 36.7 Å². The predicted octanol–water partition coefficient (Wildman–Crippen LogP) is -1.46. The lowest BCUT2D eigenvalue weighted by molar-refractivity contribution is 0.519. The van der Waals surface area contributed by atoms with Crippen molar-refractivity contribution in [2.24, 2.45) is 5.84 Å². The van der Waals surface area contributed by atoms with E-state index in [9.17, 15) is 16.8 Å². The number of aromatic nitrogens is 1. The minimum Gasteiger partial charge on any atom is -0.307 e. The summed E-state index contributed by atoms with van der Waals surface area (Å²) >= 11 is 0. The Labute approximate surface area is 118 Å². The third-order valence-electron chi connectivity index (χ3n) is 2.41. The summed E-state index contributed by atoms with van der Waals surface area (Å²) in [6.07, 6.45) is 1.38. The number of rotatable bonds is 7. The Bertz CT molecular complexity index is 657. The smallest absolute Gasteiger partial charge is 0.244 e. The molecule has 0 aliphatic rings. The summed E-state index contributed by atoms with van der Waals surface area (Å²) < 4.78 is 50.3. The lowest BCUT2D eigenvalue weighted by atomic mass is 10.5. The predicted molar refractivity (Wildman–Crippen MR) is 74.7 cm³/mol. The summed E-state index contributed by atoms with van der Waals surface area (Å²) in [7, 11) is -4.60. The first-order valence-corrected chi connectivity index (χ1v) is 8.61. The molecule has 0 amide bonds. The van der Waals surface area contributed by atoms with Crippen molar-refractivity contribution in [2.75, 3.05) is 31.8 Å². The highest BCUT2D eigenvalue weighted by Gasteiger charge is 2.20. The second kappa shape index (κ2) is 6.45. The standard InChI is InChI=1S/C9H17N5O4S2/c1-14(2)19(15,16)7-6-12-20(17,18)8-4-3-5-11-9(8)13-10/h3-5,12H,6-7,10H2,1-2H3,(H,11,13). The summed E-state index contributed by atoms with van der Waals surface area (Å²) in [5, 5.41) is 0. The zero-order valence-corrected chi connectivity index (χ0v) is 12.7. The highest BCUT2D eigenvalue weighted by Crippen LogP contribution is 2.16. The van der Waals surface area contributed by atoms with Gasteiger partial charge in [0.15, 0.2) is 5.82 Å². The number of nitrogens with one attached hydrogen (secondary N) is 2. The molecule has 0 aliphatic heterocycles. The van der Waals surface area contributed by atoms with E-state index >= 15 is 0 Å². The van der Waals surface area contributed by atoms with E-state index < -0.39 is 20.0 Å². The zero-order valence-electron chi connectivity index (χ0n) is 11.1. The monoisotopic (exact) mass is 323 g/mol. The molecule has 0 saturated heterocycles. The van der Waals surface area contributed by atoms with Gasteiger partial charge in [0.2, 0.25) is 20.0 Å². The van der Waals surface area contributed by atoms with Crippen molar-refractivity contribution >= 4 is 25.9 Å². The second-order valence-corrected chi connectivity index (χ2v) is 8.03. The van der Waals surface area contributed by atoms with E-state index in [1.807, 2.05) is 0 Å². The Kier molecular flexibility index (Phi) is 5.42. The van der Waals surface area contributed by atoms with Gasteiger partial charge in [0.05, 0.1) is 5.75 Å². The quantitative estimate of drug-likeness (QED) is 0.412. The molecule has 0 aliphatic carbocycles. The maximum Gasteiger partial charge on any atom is 0.244 e. The van der Waals surface area contributed by atoms with Gasteiger partial charge in [-0.15, -0.1) is 0 Å². The van der Waals surface area contributed by atoms with Crippen molar-refractivity contribution in [1.29, 1.82) is 0 Å². The van der Waals surface area contributed by atoms with Crippen LogP contribution in [0.2, 0.25) is 0 Å². The molecule has 20 heavy (non-hydrogen) atoms. The van der Waals surface area contributed by atoms with Gasteiger partial charge < -0.3 is 5.43 Å². The van der Waals surface area contributed by atoms with Crippen LogP contribution in [0, 0.1) is 0 Å². The molecule has 0 spiro atoms. The summed E-state index contributed by atoms with van der Waals surface area (Å²) in [4.78, 5) is 3.62. The van der Waals surface area contributed by atoms with E-state index in [0.29, 0.717) is 0 Å². The largest absolute Gasteiger partial charge is 0.307 e. The van der Waals surface area contributed by atoms with Crippen LogP contribution in [-0.4, -0.2) is 52.5 Å². The molecular weight excluding hydrogens is 306 g/mol. The third kappa shape index (κ3) is 4.11. The molecule has 0 unspecified atom stereocenters. The van der Waals surface area contributed by atoms with Gasteiger partial charge in [0.1, 0.15) is 4.90 Å². The number of hydrogen-bond donors (Lipinski definition) is 3. The van der Waals surface area contributed by atoms with E-state index in [1.165, 1.54) is 32.4 Å². The number of hydrogen-bond acceptors (Lipinski definition) is 7. The molecule has 11 heteroatoms. The fourth-order valence-electron chi connectivity index (χ4n) is 1.28. The molecule has 1 rings (SSSR count). The van der Waals surface area contributed by atoms with Crippen LogP contribution in [0.3, 0.4) is 0 Å². The van der Waals surface area contributed by atoms with E-state index in [2.05, 4.69) is 15.1 Å². The van der Waals surface area contributed by atoms with Gasteiger partial charge in [-0.2, -0.15) is 0 Å². The molecule has 114 valence electrons. The van der Waals surface area contributed by atoms with Crippen molar-refractivity contribution < 1.29 is 16.8 Å². The Morgan fingerprint density at radius 1 is 1.30 bits per heavy atom. The summed E-state index contributed by atoms with van der Waals surface area (Å²) in [5.41, 5.74) is 2.17. The minimum absolute atomic E-state index is 0.0181. The Balaban J connectivity index is 2.82. The van der Waals surface area contributed by atoms with E-state index in [0.717, 1.165) is 4.31 Å². The number of nitrogens with zero attached hydrogens (tertiary/aromatic N) is 2. The lowest BCUT2D eigenvalue weighted by Crippen LogP contribution is -2.34. The number of nitrogens with two attached hydrogens (primary N) is 1. The van der Waals surface area contributed by atoms with Gasteiger partial charge >= 0.3 is 0 Å². The first kappa shape index (κ1) is 16.8. The highest BCUT2D eigenvalue weighted by molar-refractivity contribution is 7.90. The van der Waals surface area contributed by atoms with Crippen molar-refractivity contribution in [2.45, 2.75) is 4.90 Å². The Morgan fingerprint density at radius 3 is 2.50 bits per heavy atom. The van der Waals surface area contributed by atoms with Gasteiger partial charge in [-0.05, 0) is 12.1 Å². The van der Waals surface area contributed by atoms with Crippen LogP contribution in [-0.2, 0) is 20.0 Å². The van der Waals surface area contributed by atoms with Crippen LogP contribution in [0.1, 0.15) is 0 Å². The molecular formula is C9H17N5O4S2. The van der Waals surface area contributed by atoms with Crippen LogP contribution in [0.15, 0.2) is 23.2 Å². The first-order valence-electron chi connectivity index (χ1n) is 5.52. The fraction of sp³-hybridized carbons (Fsp3) is 0.444. The van der Waals surface area contributed by atoms with Crippen molar-refractivity contribution in [1.82, 2.24) is 14.0 Å². The van der Waals surface area contributed by atoms with E-state index in [4.69, 9.17) is 5.84 Å². The van der Waals surface area contributed by atoms with Crippen molar-refractivity contribution in [3.05, 3.63) is 18.3 Å². The Hall–Kier alpha value is -1.27. The maximum absolute atomic E-state index is 12.0. The van der Waals surface area contributed by atoms with Gasteiger partial charge in [-0.3, -0.25) is 0 Å². The van der Waals surface area contributed by atoms with E-state index in [-0.39, 0.29) is 23.0 Å². The zero-order chi connectivity index (χ0) is 15.4. The molecule has 0 bridgehead atoms. The summed E-state index contributed by atoms with van der Waals surface area (Å²) in [6, 6.07) is 2.75. The molecule has 0 radical (unpaired) electrons. The molecule has 1 aromatic heterocycles. The van der Waals surface area contributed by atoms with Crippen LogP contribution in [0.4, 0.5) is 5.82 Å². The summed E-state index contributed by atoms with van der Waals surface area (Å²) in [6.45, 7) is -0.248. The normalized spacial score (nSPS) is 12.6. The van der Waals surface area contributed by atoms with E-state index in [1.54, 1.807) is 0 Å². The number of anilines is 1. The average molecular weight is 323 g/mol. The molecule has 1 heterocycles. The highest BCUT2D eigenvalue weighted by atomic mass is 32.2. The molecule has 9 nitrogen and oxygen atoms in total. The average Bonchev–Trinajstić information content (AvgIpc) is 2.38. The number of sulfonamides is 2. The van der Waals surface area contributed by atoms with Crippen LogP contribution >= 0.6 is 0 Å². The SMILES string of the molecule is CN(C)S(=O)(=O)CCNS(=O)(=O)c1cccnc1NN. The minimum atomic E-state index is -3.89. The fourth-order valence-corrected chi connectivity index (χ4v) is 3.29. The first-order chi connectivity index (χ1) is 9.20. The van der Waals surface area contributed by atoms with Gasteiger partial charge in [0, 0.05) is 26.8 Å². The van der Waals surface area contributed by atoms with Crippen LogP contribution < -0.4 is 16.0 Å². The van der Waals surface area contributed by atoms with Gasteiger partial charge in [0.25, 0.3) is 0 Å². The van der Waals surface area contributed by atoms with Gasteiger partial charge in [-0.1, -0.05) is 0 Å². The number of nitrogen functional groups attached to an aromatic ring is 1. The molecule has 0 saturated carbocycles. The topological polar surface area (TPSA) is 134 Å². The molecule has 1 aromatic rings. The Morgan fingerprint density at radius 2 is 1.95 bits per heavy atom. The number of pyridine rings is 1. The lowest BCUT2D eigenvalue weighted by Gasteiger charge is -2.12. The van der Waals surface area contributed by atoms with Crippen molar-refractivity contribution in [3.8, 4) is 0 Å². The summed E-state index contributed by atoms with van der Waals surface area (Å²) in [5.74, 6) is 4.82. The number of hydrazine groups is 1. The van der Waals surface area contributed by atoms with Crippen molar-refractivity contribution in [3.63, 3.8) is 0 Å². The molecule has 4 N–H and O–H groups in total. The van der Waals surface area contributed by atoms with Crippen LogP contribution in [0.25, 0.3) is 0 Å². The second-order valence-electron chi connectivity index (χ2n) is 3.99. The maximum atomic E-state index is 12.0.